The zero-order valence-corrected chi connectivity index (χ0v) is 12.3. The molecule has 0 aliphatic carbocycles. The Kier molecular flexibility index (Phi) is 4.42. The summed E-state index contributed by atoms with van der Waals surface area (Å²) in [5.74, 6) is -0.166. The van der Waals surface area contributed by atoms with E-state index in [9.17, 15) is 9.59 Å². The number of anilines is 1. The Hall–Kier alpha value is -1.84. The average molecular weight is 275 g/mol. The van der Waals surface area contributed by atoms with Crippen molar-refractivity contribution in [1.82, 2.24) is 0 Å². The third kappa shape index (κ3) is 3.00. The molecule has 4 heteroatoms. The van der Waals surface area contributed by atoms with Crippen LogP contribution in [0.5, 0.6) is 0 Å². The number of carbonyl (C=O) groups is 2. The lowest BCUT2D eigenvalue weighted by atomic mass is 10.0. The Morgan fingerprint density at radius 1 is 1.35 bits per heavy atom. The SMILES string of the molecule is CCOC(=O)[C@H]1CC(=O)N(c2ccc(C(C)C)cc2)C1. The van der Waals surface area contributed by atoms with Crippen molar-refractivity contribution >= 4 is 17.6 Å². The molecule has 0 bridgehead atoms. The molecule has 0 aromatic heterocycles. The lowest BCUT2D eigenvalue weighted by molar-refractivity contribution is -0.147. The molecule has 1 aromatic rings. The maximum atomic E-state index is 12.0. The molecule has 0 saturated carbocycles. The van der Waals surface area contributed by atoms with E-state index in [2.05, 4.69) is 13.8 Å². The van der Waals surface area contributed by atoms with Gasteiger partial charge < -0.3 is 9.64 Å². The number of esters is 1. The molecule has 1 atom stereocenters. The topological polar surface area (TPSA) is 46.6 Å². The number of benzene rings is 1. The number of hydrogen-bond donors (Lipinski definition) is 0. The van der Waals surface area contributed by atoms with Gasteiger partial charge in [0.05, 0.1) is 12.5 Å². The van der Waals surface area contributed by atoms with Crippen molar-refractivity contribution in [1.29, 1.82) is 0 Å². The number of rotatable bonds is 4. The molecule has 1 saturated heterocycles. The van der Waals surface area contributed by atoms with Crippen molar-refractivity contribution in [2.75, 3.05) is 18.1 Å². The molecule has 1 fully saturated rings. The van der Waals surface area contributed by atoms with E-state index >= 15 is 0 Å². The third-order valence-corrected chi connectivity index (χ3v) is 3.62. The normalized spacial score (nSPS) is 18.7. The monoisotopic (exact) mass is 275 g/mol. The Bertz CT molecular complexity index is 493. The van der Waals surface area contributed by atoms with Crippen molar-refractivity contribution in [2.45, 2.75) is 33.1 Å². The van der Waals surface area contributed by atoms with Crippen molar-refractivity contribution in [3.8, 4) is 0 Å². The Morgan fingerprint density at radius 2 is 2.00 bits per heavy atom. The van der Waals surface area contributed by atoms with Gasteiger partial charge in [0.15, 0.2) is 0 Å². The summed E-state index contributed by atoms with van der Waals surface area (Å²) in [6, 6.07) is 7.96. The highest BCUT2D eigenvalue weighted by Gasteiger charge is 2.35. The van der Waals surface area contributed by atoms with E-state index < -0.39 is 0 Å². The fourth-order valence-electron chi connectivity index (χ4n) is 2.41. The first-order chi connectivity index (χ1) is 9.52. The second-order valence-electron chi connectivity index (χ2n) is 5.40. The summed E-state index contributed by atoms with van der Waals surface area (Å²) in [5, 5.41) is 0. The third-order valence-electron chi connectivity index (χ3n) is 3.62. The van der Waals surface area contributed by atoms with E-state index in [1.165, 1.54) is 5.56 Å². The molecule has 0 unspecified atom stereocenters. The van der Waals surface area contributed by atoms with Crippen LogP contribution in [0.25, 0.3) is 0 Å². The van der Waals surface area contributed by atoms with Crippen LogP contribution in [-0.2, 0) is 14.3 Å². The summed E-state index contributed by atoms with van der Waals surface area (Å²) >= 11 is 0. The maximum absolute atomic E-state index is 12.0. The molecule has 0 N–H and O–H groups in total. The molecule has 0 radical (unpaired) electrons. The van der Waals surface area contributed by atoms with Crippen LogP contribution in [0.15, 0.2) is 24.3 Å². The molecule has 0 spiro atoms. The van der Waals surface area contributed by atoms with Crippen LogP contribution in [0.2, 0.25) is 0 Å². The van der Waals surface area contributed by atoms with Gasteiger partial charge in [-0.3, -0.25) is 9.59 Å². The van der Waals surface area contributed by atoms with Crippen LogP contribution in [0.1, 0.15) is 38.7 Å². The second-order valence-corrected chi connectivity index (χ2v) is 5.40. The summed E-state index contributed by atoms with van der Waals surface area (Å²) in [7, 11) is 0. The predicted molar refractivity (Wildman–Crippen MR) is 77.6 cm³/mol. The number of nitrogens with zero attached hydrogens (tertiary/aromatic N) is 1. The van der Waals surface area contributed by atoms with E-state index in [0.717, 1.165) is 5.69 Å². The molecule has 1 amide bonds. The minimum atomic E-state index is -0.341. The predicted octanol–water partition coefficient (Wildman–Crippen LogP) is 2.73. The van der Waals surface area contributed by atoms with E-state index in [0.29, 0.717) is 19.1 Å². The van der Waals surface area contributed by atoms with Gasteiger partial charge in [0.1, 0.15) is 0 Å². The highest BCUT2D eigenvalue weighted by molar-refractivity contribution is 5.99. The molecule has 4 nitrogen and oxygen atoms in total. The Labute approximate surface area is 119 Å². The standard InChI is InChI=1S/C16H21NO3/c1-4-20-16(19)13-9-15(18)17(10-13)14-7-5-12(6-8-14)11(2)3/h5-8,11,13H,4,9-10H2,1-3H3/t13-/m0/s1. The molecule has 20 heavy (non-hydrogen) atoms. The molecule has 108 valence electrons. The van der Waals surface area contributed by atoms with E-state index in [-0.39, 0.29) is 24.2 Å². The van der Waals surface area contributed by atoms with Gasteiger partial charge in [-0.15, -0.1) is 0 Å². The van der Waals surface area contributed by atoms with Gasteiger partial charge in [-0.05, 0) is 30.5 Å². The highest BCUT2D eigenvalue weighted by Crippen LogP contribution is 2.27. The zero-order chi connectivity index (χ0) is 14.7. The number of amides is 1. The van der Waals surface area contributed by atoms with E-state index in [1.54, 1.807) is 11.8 Å². The van der Waals surface area contributed by atoms with Crippen molar-refractivity contribution in [3.05, 3.63) is 29.8 Å². The first kappa shape index (κ1) is 14.6. The second kappa shape index (κ2) is 6.07. The van der Waals surface area contributed by atoms with Crippen LogP contribution >= 0.6 is 0 Å². The lowest BCUT2D eigenvalue weighted by Crippen LogP contribution is -2.26. The van der Waals surface area contributed by atoms with E-state index in [1.807, 2.05) is 24.3 Å². The molecule has 2 rings (SSSR count). The Balaban J connectivity index is 2.09. The molecular formula is C16H21NO3. The van der Waals surface area contributed by atoms with Gasteiger partial charge >= 0.3 is 5.97 Å². The van der Waals surface area contributed by atoms with Gasteiger partial charge in [0.25, 0.3) is 0 Å². The first-order valence-corrected chi connectivity index (χ1v) is 7.10. The zero-order valence-electron chi connectivity index (χ0n) is 12.3. The van der Waals surface area contributed by atoms with Gasteiger partial charge in [0.2, 0.25) is 5.91 Å². The number of ether oxygens (including phenoxy) is 1. The molecule has 1 aliphatic rings. The number of carbonyl (C=O) groups excluding carboxylic acids is 2. The summed E-state index contributed by atoms with van der Waals surface area (Å²) in [5.41, 5.74) is 2.09. The maximum Gasteiger partial charge on any atom is 0.311 e. The lowest BCUT2D eigenvalue weighted by Gasteiger charge is -2.17. The molecule has 1 aromatic carbocycles. The highest BCUT2D eigenvalue weighted by atomic mass is 16.5. The summed E-state index contributed by atoms with van der Waals surface area (Å²) in [6.45, 7) is 6.81. The summed E-state index contributed by atoms with van der Waals surface area (Å²) in [4.78, 5) is 25.4. The summed E-state index contributed by atoms with van der Waals surface area (Å²) in [6.07, 6.45) is 0.241. The first-order valence-electron chi connectivity index (χ1n) is 7.10. The fraction of sp³-hybridized carbons (Fsp3) is 0.500. The van der Waals surface area contributed by atoms with Crippen molar-refractivity contribution in [2.24, 2.45) is 5.92 Å². The average Bonchev–Trinajstić information content (AvgIpc) is 2.81. The molecule has 1 aliphatic heterocycles. The van der Waals surface area contributed by atoms with Crippen molar-refractivity contribution in [3.63, 3.8) is 0 Å². The van der Waals surface area contributed by atoms with Gasteiger partial charge in [-0.25, -0.2) is 0 Å². The Morgan fingerprint density at radius 3 is 2.55 bits per heavy atom. The minimum absolute atomic E-state index is 0.0136. The van der Waals surface area contributed by atoms with Gasteiger partial charge in [-0.2, -0.15) is 0 Å². The van der Waals surface area contributed by atoms with Crippen LogP contribution in [0.3, 0.4) is 0 Å². The van der Waals surface area contributed by atoms with Gasteiger partial charge in [-0.1, -0.05) is 26.0 Å². The summed E-state index contributed by atoms with van der Waals surface area (Å²) < 4.78 is 4.99. The van der Waals surface area contributed by atoms with Crippen LogP contribution in [0, 0.1) is 5.92 Å². The fourth-order valence-corrected chi connectivity index (χ4v) is 2.41. The van der Waals surface area contributed by atoms with Crippen LogP contribution in [0.4, 0.5) is 5.69 Å². The smallest absolute Gasteiger partial charge is 0.311 e. The van der Waals surface area contributed by atoms with Gasteiger partial charge in [0, 0.05) is 18.7 Å². The largest absolute Gasteiger partial charge is 0.466 e. The number of hydrogen-bond acceptors (Lipinski definition) is 3. The van der Waals surface area contributed by atoms with Crippen LogP contribution < -0.4 is 4.90 Å². The molecule has 1 heterocycles. The minimum Gasteiger partial charge on any atom is -0.466 e. The quantitative estimate of drug-likeness (QED) is 0.794. The molecular weight excluding hydrogens is 254 g/mol. The van der Waals surface area contributed by atoms with E-state index in [4.69, 9.17) is 4.74 Å². The van der Waals surface area contributed by atoms with Crippen molar-refractivity contribution < 1.29 is 14.3 Å². The van der Waals surface area contributed by atoms with Crippen LogP contribution in [-0.4, -0.2) is 25.0 Å².